The van der Waals surface area contributed by atoms with E-state index in [0.717, 1.165) is 4.57 Å². The quantitative estimate of drug-likeness (QED) is 0.151. The van der Waals surface area contributed by atoms with Crippen molar-refractivity contribution in [2.45, 2.75) is 30.5 Å². The number of nitrogens with zero attached hydrogens (tertiary/aromatic N) is 4. The molecule has 170 valence electrons. The number of aliphatic hydroxyl groups is 2. The number of aliphatic carboxylic acids is 2. The first kappa shape index (κ1) is 24.8. The number of carbonyl (C=O) groups is 2. The fourth-order valence-corrected chi connectivity index (χ4v) is 2.77. The number of hydrogen-bond donors (Lipinski definition) is 5. The van der Waals surface area contributed by atoms with E-state index < -0.39 is 55.6 Å². The monoisotopic (exact) mass is 467 g/mol. The summed E-state index contributed by atoms with van der Waals surface area (Å²) in [7, 11) is 0. The third-order valence-corrected chi connectivity index (χ3v) is 4.40. The van der Waals surface area contributed by atoms with E-state index in [1.165, 1.54) is 6.33 Å². The number of ether oxygens (including phenoxy) is 2. The van der Waals surface area contributed by atoms with Crippen LogP contribution >= 0.6 is 11.6 Å². The minimum Gasteiger partial charge on any atom is -0.479 e. The van der Waals surface area contributed by atoms with Crippen molar-refractivity contribution in [2.24, 2.45) is 0 Å². The van der Waals surface area contributed by atoms with Gasteiger partial charge < -0.3 is 35.6 Å². The molecule has 0 amide bonds. The topological polar surface area (TPSA) is 203 Å². The number of carboxylic acids is 2. The van der Waals surface area contributed by atoms with Gasteiger partial charge in [0.1, 0.15) is 11.6 Å². The summed E-state index contributed by atoms with van der Waals surface area (Å²) < 4.78 is 11.8. The Morgan fingerprint density at radius 3 is 2.50 bits per heavy atom. The SMILES string of the molecule is C#CCC(OC[C@H](CO)O[C@H]([C@H](O)C#C)n1cnc2c(N)nc(Cl)nc21)(C(=O)O)C(=O)O. The van der Waals surface area contributed by atoms with Gasteiger partial charge in [-0.2, -0.15) is 9.97 Å². The molecular formula is C18H18ClN5O8. The number of anilines is 1. The molecule has 2 aromatic rings. The summed E-state index contributed by atoms with van der Waals surface area (Å²) in [4.78, 5) is 34.7. The lowest BCUT2D eigenvalue weighted by Gasteiger charge is -2.29. The lowest BCUT2D eigenvalue weighted by molar-refractivity contribution is -0.194. The summed E-state index contributed by atoms with van der Waals surface area (Å²) in [6.07, 6.45) is 6.33. The molecule has 0 fully saturated rings. The molecule has 13 nitrogen and oxygen atoms in total. The summed E-state index contributed by atoms with van der Waals surface area (Å²) in [5.74, 6) is 0.221. The van der Waals surface area contributed by atoms with E-state index in [4.69, 9.17) is 39.7 Å². The third kappa shape index (κ3) is 4.88. The second-order valence-electron chi connectivity index (χ2n) is 6.27. The molecule has 0 spiro atoms. The predicted octanol–water partition coefficient (Wildman–Crippen LogP) is -1.12. The number of terminal acetylenes is 2. The van der Waals surface area contributed by atoms with E-state index in [1.807, 2.05) is 11.8 Å². The van der Waals surface area contributed by atoms with Gasteiger partial charge in [-0.1, -0.05) is 5.92 Å². The molecule has 0 aromatic carbocycles. The van der Waals surface area contributed by atoms with Crippen molar-refractivity contribution in [3.05, 3.63) is 11.6 Å². The molecule has 0 saturated carbocycles. The number of imidazole rings is 1. The molecule has 0 radical (unpaired) electrons. The van der Waals surface area contributed by atoms with Crippen LogP contribution in [0.2, 0.25) is 5.28 Å². The Morgan fingerprint density at radius 2 is 1.97 bits per heavy atom. The Balaban J connectivity index is 2.36. The molecule has 14 heteroatoms. The van der Waals surface area contributed by atoms with Crippen molar-refractivity contribution in [3.8, 4) is 24.7 Å². The molecule has 0 aliphatic heterocycles. The van der Waals surface area contributed by atoms with Gasteiger partial charge in [0, 0.05) is 0 Å². The average Bonchev–Trinajstić information content (AvgIpc) is 3.15. The minimum atomic E-state index is -2.78. The zero-order valence-electron chi connectivity index (χ0n) is 16.3. The van der Waals surface area contributed by atoms with Crippen molar-refractivity contribution in [1.82, 2.24) is 19.5 Å². The molecule has 2 heterocycles. The van der Waals surface area contributed by atoms with Crippen molar-refractivity contribution < 1.29 is 39.5 Å². The molecule has 0 bridgehead atoms. The summed E-state index contributed by atoms with van der Waals surface area (Å²) in [5, 5.41) is 38.3. The number of nitrogens with two attached hydrogens (primary N) is 1. The molecule has 0 aliphatic carbocycles. The molecule has 0 saturated heterocycles. The van der Waals surface area contributed by atoms with Gasteiger partial charge >= 0.3 is 11.9 Å². The molecule has 6 N–H and O–H groups in total. The minimum absolute atomic E-state index is 0.0390. The fraction of sp³-hybridized carbons (Fsp3) is 0.389. The molecule has 0 aliphatic rings. The fourth-order valence-electron chi connectivity index (χ4n) is 2.60. The first-order chi connectivity index (χ1) is 15.1. The van der Waals surface area contributed by atoms with Gasteiger partial charge in [-0.3, -0.25) is 4.57 Å². The van der Waals surface area contributed by atoms with E-state index in [0.29, 0.717) is 0 Å². The van der Waals surface area contributed by atoms with Crippen LogP contribution in [0.4, 0.5) is 5.82 Å². The van der Waals surface area contributed by atoms with Crippen molar-refractivity contribution in [3.63, 3.8) is 0 Å². The van der Waals surface area contributed by atoms with Crippen LogP contribution < -0.4 is 5.73 Å². The summed E-state index contributed by atoms with van der Waals surface area (Å²) in [5.41, 5.74) is 3.13. The Labute approximate surface area is 185 Å². The molecule has 2 rings (SSSR count). The predicted molar refractivity (Wildman–Crippen MR) is 108 cm³/mol. The first-order valence-electron chi connectivity index (χ1n) is 8.71. The maximum Gasteiger partial charge on any atom is 0.348 e. The van der Waals surface area contributed by atoms with Gasteiger partial charge in [-0.15, -0.1) is 18.8 Å². The number of aromatic nitrogens is 4. The lowest BCUT2D eigenvalue weighted by Crippen LogP contribution is -2.50. The second kappa shape index (κ2) is 10.2. The van der Waals surface area contributed by atoms with Crippen LogP contribution in [0.25, 0.3) is 11.2 Å². The summed E-state index contributed by atoms with van der Waals surface area (Å²) in [6.45, 7) is -1.52. The highest BCUT2D eigenvalue weighted by Gasteiger charge is 2.48. The van der Waals surface area contributed by atoms with Gasteiger partial charge in [0.2, 0.25) is 5.28 Å². The Bertz CT molecular complexity index is 1080. The second-order valence-corrected chi connectivity index (χ2v) is 6.61. The number of hydrogen-bond acceptors (Lipinski definition) is 10. The van der Waals surface area contributed by atoms with E-state index in [1.54, 1.807) is 0 Å². The number of rotatable bonds is 11. The Hall–Kier alpha value is -3.46. The summed E-state index contributed by atoms with van der Waals surface area (Å²) >= 11 is 5.82. The average molecular weight is 468 g/mol. The Kier molecular flexibility index (Phi) is 7.93. The van der Waals surface area contributed by atoms with Crippen LogP contribution in [0, 0.1) is 24.7 Å². The zero-order valence-corrected chi connectivity index (χ0v) is 17.0. The largest absolute Gasteiger partial charge is 0.479 e. The van der Waals surface area contributed by atoms with Crippen LogP contribution in [0.15, 0.2) is 6.33 Å². The van der Waals surface area contributed by atoms with Crippen LogP contribution in [-0.2, 0) is 19.1 Å². The van der Waals surface area contributed by atoms with Gasteiger partial charge in [0.05, 0.1) is 26.0 Å². The van der Waals surface area contributed by atoms with Gasteiger partial charge in [-0.05, 0) is 11.6 Å². The van der Waals surface area contributed by atoms with Crippen molar-refractivity contribution in [1.29, 1.82) is 0 Å². The van der Waals surface area contributed by atoms with Gasteiger partial charge in [-0.25, -0.2) is 14.6 Å². The van der Waals surface area contributed by atoms with Crippen LogP contribution in [0.1, 0.15) is 12.6 Å². The Morgan fingerprint density at radius 1 is 1.31 bits per heavy atom. The number of fused-ring (bicyclic) bond motifs is 1. The third-order valence-electron chi connectivity index (χ3n) is 4.23. The number of nitrogen functional groups attached to an aromatic ring is 1. The van der Waals surface area contributed by atoms with Crippen LogP contribution in [0.5, 0.6) is 0 Å². The van der Waals surface area contributed by atoms with Crippen LogP contribution in [0.3, 0.4) is 0 Å². The van der Waals surface area contributed by atoms with Crippen molar-refractivity contribution >= 4 is 40.5 Å². The maximum atomic E-state index is 11.5. The first-order valence-corrected chi connectivity index (χ1v) is 9.09. The molecule has 0 unspecified atom stereocenters. The van der Waals surface area contributed by atoms with Crippen molar-refractivity contribution in [2.75, 3.05) is 18.9 Å². The normalized spacial score (nSPS) is 14.3. The molecule has 3 atom stereocenters. The van der Waals surface area contributed by atoms with Gasteiger partial charge in [0.25, 0.3) is 5.60 Å². The smallest absolute Gasteiger partial charge is 0.348 e. The van der Waals surface area contributed by atoms with E-state index >= 15 is 0 Å². The lowest BCUT2D eigenvalue weighted by atomic mass is 10.0. The van der Waals surface area contributed by atoms with E-state index in [9.17, 15) is 30.0 Å². The molecular weight excluding hydrogens is 450 g/mol. The molecule has 2 aromatic heterocycles. The highest BCUT2D eigenvalue weighted by Crippen LogP contribution is 2.26. The number of aliphatic hydroxyl groups excluding tert-OH is 2. The van der Waals surface area contributed by atoms with E-state index in [2.05, 4.69) is 15.0 Å². The summed E-state index contributed by atoms with van der Waals surface area (Å²) in [6, 6.07) is 0. The maximum absolute atomic E-state index is 11.5. The highest BCUT2D eigenvalue weighted by atomic mass is 35.5. The molecule has 32 heavy (non-hydrogen) atoms. The van der Waals surface area contributed by atoms with E-state index in [-0.39, 0.29) is 22.3 Å². The highest BCUT2D eigenvalue weighted by molar-refractivity contribution is 6.28. The standard InChI is InChI=1S/C18H18ClN5O8/c1-3-5-18(15(27)28,16(29)30)31-7-9(6-25)32-14(10(26)4-2)24-8-21-11-12(20)22-17(19)23-13(11)24/h1-2,8-10,14,25-26H,5-7H2,(H,27,28)(H,29,30)(H2,20,22,23)/t9-,10+,14+/m0/s1. The number of carboxylic acid groups (broad SMARTS) is 2. The van der Waals surface area contributed by atoms with Gasteiger partial charge in [0.15, 0.2) is 23.8 Å². The zero-order chi connectivity index (χ0) is 24.1. The van der Waals surface area contributed by atoms with Crippen LogP contribution in [-0.4, -0.2) is 82.9 Å². The number of halogens is 1.